The molecule has 2 rings (SSSR count). The maximum Gasteiger partial charge on any atom is 0.356 e. The summed E-state index contributed by atoms with van der Waals surface area (Å²) in [6.45, 7) is 0. The summed E-state index contributed by atoms with van der Waals surface area (Å²) in [4.78, 5) is 23.1. The van der Waals surface area contributed by atoms with Crippen LogP contribution in [-0.4, -0.2) is 35.8 Å². The number of methoxy groups -OCH3 is 2. The van der Waals surface area contributed by atoms with Crippen LogP contribution in [0.1, 0.15) is 20.8 Å². The van der Waals surface area contributed by atoms with Crippen LogP contribution >= 0.6 is 0 Å². The lowest BCUT2D eigenvalue weighted by atomic mass is 10.2. The van der Waals surface area contributed by atoms with Gasteiger partial charge in [-0.2, -0.15) is 5.10 Å². The molecule has 0 bridgehead atoms. The minimum Gasteiger partial charge on any atom is -0.465 e. The topological polar surface area (TPSA) is 69.9 Å². The number of hydrogen-bond acceptors (Lipinski definition) is 5. The summed E-state index contributed by atoms with van der Waals surface area (Å²) in [7, 11) is 2.54. The molecular weight excluding hydrogens is 224 g/mol. The zero-order chi connectivity index (χ0) is 12.4. The van der Waals surface area contributed by atoms with E-state index in [4.69, 9.17) is 0 Å². The molecule has 0 unspecified atom stereocenters. The third kappa shape index (κ3) is 1.73. The van der Waals surface area contributed by atoms with Crippen molar-refractivity contribution in [3.63, 3.8) is 0 Å². The van der Waals surface area contributed by atoms with E-state index in [9.17, 15) is 9.59 Å². The monoisotopic (exact) mass is 234 g/mol. The van der Waals surface area contributed by atoms with Gasteiger partial charge >= 0.3 is 11.9 Å². The second-order valence-corrected chi connectivity index (χ2v) is 3.25. The van der Waals surface area contributed by atoms with Gasteiger partial charge < -0.3 is 9.47 Å². The first-order valence-electron chi connectivity index (χ1n) is 4.82. The van der Waals surface area contributed by atoms with Crippen molar-refractivity contribution in [3.05, 3.63) is 35.7 Å². The van der Waals surface area contributed by atoms with Gasteiger partial charge in [-0.25, -0.2) is 14.1 Å². The van der Waals surface area contributed by atoms with E-state index in [1.165, 1.54) is 31.0 Å². The Labute approximate surface area is 96.7 Å². The molecule has 0 spiro atoms. The first-order valence-corrected chi connectivity index (χ1v) is 4.82. The SMILES string of the molecule is COC(=O)c1cc(C(=O)OC)n2ncccc12. The second kappa shape index (κ2) is 4.25. The average molecular weight is 234 g/mol. The highest BCUT2D eigenvalue weighted by atomic mass is 16.5. The number of aromatic nitrogens is 2. The van der Waals surface area contributed by atoms with Crippen molar-refractivity contribution in [2.24, 2.45) is 0 Å². The molecule has 0 saturated heterocycles. The molecule has 0 amide bonds. The second-order valence-electron chi connectivity index (χ2n) is 3.25. The summed E-state index contributed by atoms with van der Waals surface area (Å²) < 4.78 is 10.6. The fourth-order valence-electron chi connectivity index (χ4n) is 1.56. The van der Waals surface area contributed by atoms with Gasteiger partial charge in [0.25, 0.3) is 0 Å². The number of nitrogens with zero attached hydrogens (tertiary/aromatic N) is 2. The van der Waals surface area contributed by atoms with E-state index >= 15 is 0 Å². The maximum atomic E-state index is 11.5. The molecule has 88 valence electrons. The van der Waals surface area contributed by atoms with Gasteiger partial charge in [0.15, 0.2) is 5.69 Å². The van der Waals surface area contributed by atoms with Crippen LogP contribution in [0.2, 0.25) is 0 Å². The minimum absolute atomic E-state index is 0.184. The van der Waals surface area contributed by atoms with Crippen LogP contribution in [0.3, 0.4) is 0 Å². The Morgan fingerprint density at radius 3 is 2.59 bits per heavy atom. The summed E-state index contributed by atoms with van der Waals surface area (Å²) in [5.74, 6) is -1.08. The number of esters is 2. The quantitative estimate of drug-likeness (QED) is 0.722. The van der Waals surface area contributed by atoms with Gasteiger partial charge in [0.2, 0.25) is 0 Å². The van der Waals surface area contributed by atoms with Crippen LogP contribution in [0.15, 0.2) is 24.4 Å². The maximum absolute atomic E-state index is 11.5. The average Bonchev–Trinajstić information content (AvgIpc) is 2.76. The molecule has 0 radical (unpaired) electrons. The summed E-state index contributed by atoms with van der Waals surface area (Å²) in [5.41, 5.74) is 0.962. The van der Waals surface area contributed by atoms with Gasteiger partial charge in [0.05, 0.1) is 25.3 Å². The fraction of sp³-hybridized carbons (Fsp3) is 0.182. The van der Waals surface area contributed by atoms with Crippen LogP contribution in [-0.2, 0) is 9.47 Å². The first kappa shape index (κ1) is 11.1. The predicted octanol–water partition coefficient (Wildman–Crippen LogP) is 0.907. The van der Waals surface area contributed by atoms with Crippen LogP contribution in [0.5, 0.6) is 0 Å². The lowest BCUT2D eigenvalue weighted by Gasteiger charge is -1.98. The van der Waals surface area contributed by atoms with Crippen molar-refractivity contribution in [2.75, 3.05) is 14.2 Å². The molecule has 6 heteroatoms. The van der Waals surface area contributed by atoms with Crippen molar-refractivity contribution in [2.45, 2.75) is 0 Å². The summed E-state index contributed by atoms with van der Waals surface area (Å²) in [6.07, 6.45) is 1.51. The Hall–Kier alpha value is -2.37. The number of fused-ring (bicyclic) bond motifs is 1. The molecule has 0 saturated carbocycles. The molecule has 0 aliphatic rings. The van der Waals surface area contributed by atoms with Gasteiger partial charge in [-0.1, -0.05) is 0 Å². The lowest BCUT2D eigenvalue weighted by Crippen LogP contribution is -2.06. The normalized spacial score (nSPS) is 10.2. The molecule has 17 heavy (non-hydrogen) atoms. The van der Waals surface area contributed by atoms with Crippen LogP contribution in [0.4, 0.5) is 0 Å². The molecule has 6 nitrogen and oxygen atoms in total. The van der Waals surface area contributed by atoms with Gasteiger partial charge in [-0.15, -0.1) is 0 Å². The highest BCUT2D eigenvalue weighted by Crippen LogP contribution is 2.17. The zero-order valence-electron chi connectivity index (χ0n) is 9.34. The molecule has 0 aromatic carbocycles. The fourth-order valence-corrected chi connectivity index (χ4v) is 1.56. The van der Waals surface area contributed by atoms with Crippen LogP contribution in [0.25, 0.3) is 5.52 Å². The minimum atomic E-state index is -0.561. The molecule has 0 N–H and O–H groups in total. The molecule has 2 aromatic rings. The van der Waals surface area contributed by atoms with Crippen molar-refractivity contribution in [1.82, 2.24) is 9.61 Å². The molecule has 0 aliphatic heterocycles. The molecule has 0 fully saturated rings. The summed E-state index contributed by atoms with van der Waals surface area (Å²) in [5, 5.41) is 4.00. The summed E-state index contributed by atoms with van der Waals surface area (Å²) >= 11 is 0. The van der Waals surface area contributed by atoms with E-state index in [1.54, 1.807) is 12.1 Å². The number of ether oxygens (including phenoxy) is 2. The van der Waals surface area contributed by atoms with E-state index in [0.29, 0.717) is 5.52 Å². The van der Waals surface area contributed by atoms with Crippen molar-refractivity contribution in [1.29, 1.82) is 0 Å². The van der Waals surface area contributed by atoms with Crippen molar-refractivity contribution in [3.8, 4) is 0 Å². The lowest BCUT2D eigenvalue weighted by molar-refractivity contribution is 0.0591. The first-order chi connectivity index (χ1) is 8.19. The standard InChI is InChI=1S/C11H10N2O4/c1-16-10(14)7-6-9(11(15)17-2)13-8(7)4-3-5-12-13/h3-6H,1-2H3. The smallest absolute Gasteiger partial charge is 0.356 e. The zero-order valence-corrected chi connectivity index (χ0v) is 9.34. The van der Waals surface area contributed by atoms with E-state index < -0.39 is 11.9 Å². The summed E-state index contributed by atoms with van der Waals surface area (Å²) in [6, 6.07) is 4.74. The third-order valence-corrected chi connectivity index (χ3v) is 2.34. The third-order valence-electron chi connectivity index (χ3n) is 2.34. The molecule has 2 aromatic heterocycles. The molecule has 2 heterocycles. The highest BCUT2D eigenvalue weighted by molar-refractivity contribution is 6.01. The van der Waals surface area contributed by atoms with Gasteiger partial charge in [-0.05, 0) is 18.2 Å². The predicted molar refractivity (Wildman–Crippen MR) is 57.9 cm³/mol. The Morgan fingerprint density at radius 2 is 1.94 bits per heavy atom. The number of carbonyl (C=O) groups is 2. The Morgan fingerprint density at radius 1 is 1.24 bits per heavy atom. The number of carbonyl (C=O) groups excluding carboxylic acids is 2. The molecular formula is C11H10N2O4. The van der Waals surface area contributed by atoms with E-state index in [0.717, 1.165) is 0 Å². The Bertz CT molecular complexity index is 538. The van der Waals surface area contributed by atoms with Crippen molar-refractivity contribution < 1.29 is 19.1 Å². The Balaban J connectivity index is 2.71. The van der Waals surface area contributed by atoms with Crippen LogP contribution in [0, 0.1) is 0 Å². The van der Waals surface area contributed by atoms with Crippen LogP contribution < -0.4 is 0 Å². The number of rotatable bonds is 2. The van der Waals surface area contributed by atoms with Crippen molar-refractivity contribution >= 4 is 17.5 Å². The Kier molecular flexibility index (Phi) is 2.78. The number of hydrogen-bond donors (Lipinski definition) is 0. The molecule has 0 atom stereocenters. The van der Waals surface area contributed by atoms with E-state index in [2.05, 4.69) is 14.6 Å². The van der Waals surface area contributed by atoms with Gasteiger partial charge in [-0.3, -0.25) is 0 Å². The highest BCUT2D eigenvalue weighted by Gasteiger charge is 2.20. The van der Waals surface area contributed by atoms with Gasteiger partial charge in [0, 0.05) is 6.20 Å². The molecule has 0 aliphatic carbocycles. The largest absolute Gasteiger partial charge is 0.465 e. The van der Waals surface area contributed by atoms with E-state index in [-0.39, 0.29) is 11.3 Å². The van der Waals surface area contributed by atoms with E-state index in [1.807, 2.05) is 0 Å². The van der Waals surface area contributed by atoms with Gasteiger partial charge in [0.1, 0.15) is 0 Å².